The first-order chi connectivity index (χ1) is 5.24. The summed E-state index contributed by atoms with van der Waals surface area (Å²) in [4.78, 5) is 14.9. The van der Waals surface area contributed by atoms with E-state index in [1.807, 2.05) is 0 Å². The van der Waals surface area contributed by atoms with Gasteiger partial charge >= 0.3 is 0 Å². The zero-order valence-electron chi connectivity index (χ0n) is 5.87. The van der Waals surface area contributed by atoms with Gasteiger partial charge in [-0.3, -0.25) is 4.79 Å². The summed E-state index contributed by atoms with van der Waals surface area (Å²) >= 11 is 6.90. The molecule has 1 rings (SSSR count). The fourth-order valence-corrected chi connectivity index (χ4v) is 1.42. The van der Waals surface area contributed by atoms with E-state index in [0.29, 0.717) is 4.50 Å². The fraction of sp³-hybridized carbons (Fsp3) is 0.333. The standard InChI is InChI=1S/C6H7ClN2OS/c1-8-5(10)4-2-3-11-6(7)9-4/h2-4H,1H3,(H,8,10). The van der Waals surface area contributed by atoms with E-state index in [1.54, 1.807) is 18.5 Å². The number of likely N-dealkylation sites (N-methyl/N-ethyl adjacent to an activating group) is 1. The van der Waals surface area contributed by atoms with Crippen LogP contribution in [0.5, 0.6) is 0 Å². The maximum Gasteiger partial charge on any atom is 0.248 e. The van der Waals surface area contributed by atoms with Crippen LogP contribution < -0.4 is 5.32 Å². The molecular formula is C6H7ClN2OS. The summed E-state index contributed by atoms with van der Waals surface area (Å²) in [5, 5.41) is 4.25. The van der Waals surface area contributed by atoms with E-state index in [2.05, 4.69) is 10.3 Å². The van der Waals surface area contributed by atoms with Crippen LogP contribution in [0.2, 0.25) is 0 Å². The Labute approximate surface area is 73.9 Å². The Balaban J connectivity index is 2.65. The molecule has 1 atom stereocenters. The van der Waals surface area contributed by atoms with Crippen molar-refractivity contribution in [2.24, 2.45) is 4.99 Å². The fourth-order valence-electron chi connectivity index (χ4n) is 0.647. The average molecular weight is 191 g/mol. The third-order valence-electron chi connectivity index (χ3n) is 1.18. The quantitative estimate of drug-likeness (QED) is 0.669. The molecule has 0 aromatic rings. The van der Waals surface area contributed by atoms with Gasteiger partial charge in [0, 0.05) is 7.05 Å². The second-order valence-corrected chi connectivity index (χ2v) is 3.36. The van der Waals surface area contributed by atoms with Crippen molar-refractivity contribution in [1.29, 1.82) is 0 Å². The van der Waals surface area contributed by atoms with E-state index >= 15 is 0 Å². The monoisotopic (exact) mass is 190 g/mol. The Morgan fingerprint density at radius 1 is 1.91 bits per heavy atom. The number of nitrogens with zero attached hydrogens (tertiary/aromatic N) is 1. The van der Waals surface area contributed by atoms with E-state index < -0.39 is 6.04 Å². The number of hydrogen-bond donors (Lipinski definition) is 1. The molecule has 0 spiro atoms. The van der Waals surface area contributed by atoms with E-state index in [-0.39, 0.29) is 5.91 Å². The molecule has 1 aliphatic rings. The number of carbonyl (C=O) groups is 1. The Morgan fingerprint density at radius 3 is 3.18 bits per heavy atom. The number of halogens is 1. The van der Waals surface area contributed by atoms with Crippen molar-refractivity contribution < 1.29 is 4.79 Å². The summed E-state index contributed by atoms with van der Waals surface area (Å²) in [6, 6.07) is -0.450. The van der Waals surface area contributed by atoms with Crippen molar-refractivity contribution in [3.8, 4) is 0 Å². The molecule has 0 fully saturated rings. The number of nitrogens with one attached hydrogen (secondary N) is 1. The van der Waals surface area contributed by atoms with E-state index in [4.69, 9.17) is 11.6 Å². The van der Waals surface area contributed by atoms with Gasteiger partial charge in [0.05, 0.1) is 0 Å². The zero-order valence-corrected chi connectivity index (χ0v) is 7.45. The number of carbonyl (C=O) groups excluding carboxylic acids is 1. The molecule has 1 N–H and O–H groups in total. The van der Waals surface area contributed by atoms with Crippen LogP contribution in [0.4, 0.5) is 0 Å². The minimum atomic E-state index is -0.450. The van der Waals surface area contributed by atoms with Crippen molar-refractivity contribution in [2.45, 2.75) is 6.04 Å². The number of thioether (sulfide) groups is 1. The molecule has 0 saturated carbocycles. The molecule has 1 heterocycles. The Bertz CT molecular complexity index is 227. The average Bonchev–Trinajstić information content (AvgIpc) is 2.03. The minimum Gasteiger partial charge on any atom is -0.357 e. The summed E-state index contributed by atoms with van der Waals surface area (Å²) in [5.74, 6) is -0.139. The van der Waals surface area contributed by atoms with E-state index in [1.165, 1.54) is 11.8 Å². The first-order valence-corrected chi connectivity index (χ1v) is 4.28. The highest BCUT2D eigenvalue weighted by Gasteiger charge is 2.15. The highest BCUT2D eigenvalue weighted by molar-refractivity contribution is 8.19. The number of rotatable bonds is 1. The van der Waals surface area contributed by atoms with Gasteiger partial charge in [0.25, 0.3) is 0 Å². The largest absolute Gasteiger partial charge is 0.357 e. The first kappa shape index (κ1) is 8.62. The lowest BCUT2D eigenvalue weighted by Crippen LogP contribution is -2.30. The van der Waals surface area contributed by atoms with Gasteiger partial charge in [-0.1, -0.05) is 23.4 Å². The van der Waals surface area contributed by atoms with Gasteiger partial charge in [-0.25, -0.2) is 4.99 Å². The SMILES string of the molecule is CNC(=O)C1C=CSC(Cl)=N1. The van der Waals surface area contributed by atoms with Crippen LogP contribution in [0.3, 0.4) is 0 Å². The molecule has 11 heavy (non-hydrogen) atoms. The molecule has 60 valence electrons. The van der Waals surface area contributed by atoms with Gasteiger partial charge < -0.3 is 5.32 Å². The van der Waals surface area contributed by atoms with Crippen LogP contribution in [-0.2, 0) is 4.79 Å². The van der Waals surface area contributed by atoms with Gasteiger partial charge in [0.2, 0.25) is 5.91 Å². The second kappa shape index (κ2) is 3.78. The molecular weight excluding hydrogens is 184 g/mol. The van der Waals surface area contributed by atoms with Crippen molar-refractivity contribution >= 4 is 33.8 Å². The molecule has 0 radical (unpaired) electrons. The van der Waals surface area contributed by atoms with Crippen LogP contribution in [0, 0.1) is 0 Å². The normalized spacial score (nSPS) is 22.7. The first-order valence-electron chi connectivity index (χ1n) is 3.02. The summed E-state index contributed by atoms with van der Waals surface area (Å²) in [6.07, 6.45) is 1.70. The molecule has 3 nitrogen and oxygen atoms in total. The molecule has 1 unspecified atom stereocenters. The molecule has 0 aromatic carbocycles. The topological polar surface area (TPSA) is 41.5 Å². The second-order valence-electron chi connectivity index (χ2n) is 1.89. The van der Waals surface area contributed by atoms with Crippen LogP contribution in [0.1, 0.15) is 0 Å². The smallest absolute Gasteiger partial charge is 0.248 e. The predicted octanol–water partition coefficient (Wildman–Crippen LogP) is 0.956. The Morgan fingerprint density at radius 2 is 2.64 bits per heavy atom. The maximum atomic E-state index is 11.0. The highest BCUT2D eigenvalue weighted by atomic mass is 35.5. The van der Waals surface area contributed by atoms with Crippen molar-refractivity contribution in [1.82, 2.24) is 5.32 Å². The van der Waals surface area contributed by atoms with Crippen LogP contribution >= 0.6 is 23.4 Å². The summed E-state index contributed by atoms with van der Waals surface area (Å²) < 4.78 is 0.404. The Kier molecular flexibility index (Phi) is 2.96. The molecule has 0 aromatic heterocycles. The predicted molar refractivity (Wildman–Crippen MR) is 47.9 cm³/mol. The summed E-state index contributed by atoms with van der Waals surface area (Å²) in [7, 11) is 1.57. The maximum absolute atomic E-state index is 11.0. The molecule has 0 bridgehead atoms. The van der Waals surface area contributed by atoms with Gasteiger partial charge in [-0.2, -0.15) is 0 Å². The summed E-state index contributed by atoms with van der Waals surface area (Å²) in [6.45, 7) is 0. The zero-order chi connectivity index (χ0) is 8.27. The van der Waals surface area contributed by atoms with Crippen LogP contribution in [0.25, 0.3) is 0 Å². The molecule has 1 aliphatic heterocycles. The number of hydrogen-bond acceptors (Lipinski definition) is 3. The van der Waals surface area contributed by atoms with Gasteiger partial charge in [-0.15, -0.1) is 0 Å². The lowest BCUT2D eigenvalue weighted by Gasteiger charge is -2.09. The number of amides is 1. The highest BCUT2D eigenvalue weighted by Crippen LogP contribution is 2.17. The number of aliphatic imine (C=N–C) groups is 1. The van der Waals surface area contributed by atoms with Crippen molar-refractivity contribution in [3.63, 3.8) is 0 Å². The van der Waals surface area contributed by atoms with Gasteiger partial charge in [0.15, 0.2) is 4.50 Å². The molecule has 0 saturated heterocycles. The lowest BCUT2D eigenvalue weighted by molar-refractivity contribution is -0.120. The van der Waals surface area contributed by atoms with Crippen LogP contribution in [-0.4, -0.2) is 23.5 Å². The third kappa shape index (κ3) is 2.24. The lowest BCUT2D eigenvalue weighted by atomic mass is 10.3. The minimum absolute atomic E-state index is 0.139. The van der Waals surface area contributed by atoms with Gasteiger partial charge in [0.1, 0.15) is 6.04 Å². The van der Waals surface area contributed by atoms with Crippen molar-refractivity contribution in [2.75, 3.05) is 7.05 Å². The van der Waals surface area contributed by atoms with Crippen LogP contribution in [0.15, 0.2) is 16.5 Å². The third-order valence-corrected chi connectivity index (χ3v) is 2.14. The molecule has 1 amide bonds. The molecule has 5 heteroatoms. The van der Waals surface area contributed by atoms with Crippen molar-refractivity contribution in [3.05, 3.63) is 11.5 Å². The van der Waals surface area contributed by atoms with Gasteiger partial charge in [-0.05, 0) is 11.5 Å². The van der Waals surface area contributed by atoms with E-state index in [9.17, 15) is 4.79 Å². The summed E-state index contributed by atoms with van der Waals surface area (Å²) in [5.41, 5.74) is 0. The molecule has 0 aliphatic carbocycles. The van der Waals surface area contributed by atoms with E-state index in [0.717, 1.165) is 0 Å². The Hall–Kier alpha value is -0.480.